The van der Waals surface area contributed by atoms with Gasteiger partial charge in [0.1, 0.15) is 5.54 Å². The van der Waals surface area contributed by atoms with Crippen LogP contribution in [0, 0.1) is 11.3 Å². The van der Waals surface area contributed by atoms with E-state index in [1.807, 2.05) is 44.2 Å². The van der Waals surface area contributed by atoms with E-state index >= 15 is 0 Å². The third-order valence-electron chi connectivity index (χ3n) is 2.04. The van der Waals surface area contributed by atoms with Crippen molar-refractivity contribution in [1.29, 1.82) is 5.26 Å². The van der Waals surface area contributed by atoms with Crippen LogP contribution in [0.5, 0.6) is 0 Å². The number of nitrogens with zero attached hydrogens (tertiary/aromatic N) is 1. The number of benzene rings is 1. The van der Waals surface area contributed by atoms with Crippen molar-refractivity contribution in [3.05, 3.63) is 30.3 Å². The molecule has 1 unspecified atom stereocenters. The first kappa shape index (κ1) is 11.5. The van der Waals surface area contributed by atoms with Crippen LogP contribution in [0.15, 0.2) is 30.3 Å². The molecule has 0 bridgehead atoms. The summed E-state index contributed by atoms with van der Waals surface area (Å²) in [6.07, 6.45) is 0. The standard InChI is InChI=1S/C12H16N2O/c1-3-15-10-12(2,9-13)14-11-7-5-4-6-8-11/h4-8,14H,3,10H2,1-2H3. The molecule has 1 aromatic carbocycles. The number of ether oxygens (including phenoxy) is 1. The summed E-state index contributed by atoms with van der Waals surface area (Å²) in [5, 5.41) is 12.2. The molecular formula is C12H16N2O. The highest BCUT2D eigenvalue weighted by Gasteiger charge is 2.23. The topological polar surface area (TPSA) is 45.0 Å². The Kier molecular flexibility index (Phi) is 4.14. The Hall–Kier alpha value is -1.53. The quantitative estimate of drug-likeness (QED) is 0.801. The molecule has 1 atom stereocenters. The fourth-order valence-corrected chi connectivity index (χ4v) is 1.24. The van der Waals surface area contributed by atoms with Crippen LogP contribution in [0.4, 0.5) is 5.69 Å². The minimum atomic E-state index is -0.669. The maximum Gasteiger partial charge on any atom is 0.146 e. The summed E-state index contributed by atoms with van der Waals surface area (Å²) in [7, 11) is 0. The third kappa shape index (κ3) is 3.61. The lowest BCUT2D eigenvalue weighted by Crippen LogP contribution is -2.38. The highest BCUT2D eigenvalue weighted by atomic mass is 16.5. The molecule has 1 N–H and O–H groups in total. The second-order valence-corrected chi connectivity index (χ2v) is 3.57. The molecule has 1 rings (SSSR count). The number of nitrogens with one attached hydrogen (secondary N) is 1. The zero-order valence-corrected chi connectivity index (χ0v) is 9.16. The Balaban J connectivity index is 2.65. The largest absolute Gasteiger partial charge is 0.378 e. The summed E-state index contributed by atoms with van der Waals surface area (Å²) in [6.45, 7) is 4.75. The van der Waals surface area contributed by atoms with Crippen molar-refractivity contribution >= 4 is 5.69 Å². The van der Waals surface area contributed by atoms with E-state index < -0.39 is 5.54 Å². The zero-order chi connectivity index (χ0) is 11.1. The van der Waals surface area contributed by atoms with Gasteiger partial charge in [-0.3, -0.25) is 0 Å². The Morgan fingerprint density at radius 3 is 2.60 bits per heavy atom. The van der Waals surface area contributed by atoms with Gasteiger partial charge in [0.2, 0.25) is 0 Å². The molecule has 1 aromatic rings. The molecule has 0 aromatic heterocycles. The second-order valence-electron chi connectivity index (χ2n) is 3.57. The van der Waals surface area contributed by atoms with Crippen molar-refractivity contribution in [2.45, 2.75) is 19.4 Å². The van der Waals surface area contributed by atoms with Crippen LogP contribution < -0.4 is 5.32 Å². The molecule has 80 valence electrons. The second kappa shape index (κ2) is 5.38. The molecule has 0 aliphatic carbocycles. The van der Waals surface area contributed by atoms with Crippen LogP contribution in [0.3, 0.4) is 0 Å². The van der Waals surface area contributed by atoms with Crippen LogP contribution in [0.1, 0.15) is 13.8 Å². The molecule has 0 fully saturated rings. The SMILES string of the molecule is CCOCC(C)(C#N)Nc1ccccc1. The van der Waals surface area contributed by atoms with Crippen molar-refractivity contribution in [2.75, 3.05) is 18.5 Å². The summed E-state index contributed by atoms with van der Waals surface area (Å²) in [5.74, 6) is 0. The summed E-state index contributed by atoms with van der Waals surface area (Å²) in [5.41, 5.74) is 0.262. The van der Waals surface area contributed by atoms with Gasteiger partial charge in [-0.2, -0.15) is 5.26 Å². The Bertz CT molecular complexity index is 331. The summed E-state index contributed by atoms with van der Waals surface area (Å²) >= 11 is 0. The maximum absolute atomic E-state index is 9.08. The van der Waals surface area contributed by atoms with Gasteiger partial charge in [0.25, 0.3) is 0 Å². The third-order valence-corrected chi connectivity index (χ3v) is 2.04. The summed E-state index contributed by atoms with van der Waals surface area (Å²) < 4.78 is 5.28. The van der Waals surface area contributed by atoms with Crippen LogP contribution >= 0.6 is 0 Å². The fourth-order valence-electron chi connectivity index (χ4n) is 1.24. The molecule has 0 spiro atoms. The van der Waals surface area contributed by atoms with Gasteiger partial charge in [0.15, 0.2) is 0 Å². The molecule has 0 saturated heterocycles. The number of hydrogen-bond acceptors (Lipinski definition) is 3. The summed E-state index contributed by atoms with van der Waals surface area (Å²) in [4.78, 5) is 0. The van der Waals surface area contributed by atoms with Crippen LogP contribution in [-0.4, -0.2) is 18.8 Å². The Morgan fingerprint density at radius 2 is 2.07 bits per heavy atom. The van der Waals surface area contributed by atoms with Gasteiger partial charge in [-0.25, -0.2) is 0 Å². The molecule has 3 nitrogen and oxygen atoms in total. The van der Waals surface area contributed by atoms with Crippen molar-refractivity contribution in [1.82, 2.24) is 0 Å². The molecular weight excluding hydrogens is 188 g/mol. The number of rotatable bonds is 5. The molecule has 0 radical (unpaired) electrons. The van der Waals surface area contributed by atoms with E-state index in [1.165, 1.54) is 0 Å². The summed E-state index contributed by atoms with van der Waals surface area (Å²) in [6, 6.07) is 11.9. The van der Waals surface area contributed by atoms with Crippen LogP contribution in [0.2, 0.25) is 0 Å². The van der Waals surface area contributed by atoms with E-state index in [0.29, 0.717) is 13.2 Å². The van der Waals surface area contributed by atoms with Gasteiger partial charge in [0.05, 0.1) is 12.7 Å². The lowest BCUT2D eigenvalue weighted by molar-refractivity contribution is 0.125. The smallest absolute Gasteiger partial charge is 0.146 e. The van der Waals surface area contributed by atoms with Crippen molar-refractivity contribution < 1.29 is 4.74 Å². The van der Waals surface area contributed by atoms with Crippen molar-refractivity contribution in [3.8, 4) is 6.07 Å². The minimum Gasteiger partial charge on any atom is -0.378 e. The number of para-hydroxylation sites is 1. The first-order valence-corrected chi connectivity index (χ1v) is 5.02. The molecule has 0 heterocycles. The van der Waals surface area contributed by atoms with Crippen molar-refractivity contribution in [2.24, 2.45) is 0 Å². The van der Waals surface area contributed by atoms with Gasteiger partial charge in [-0.1, -0.05) is 18.2 Å². The number of nitriles is 1. The number of hydrogen-bond donors (Lipinski definition) is 1. The normalized spacial score (nSPS) is 13.9. The highest BCUT2D eigenvalue weighted by molar-refractivity contribution is 5.47. The minimum absolute atomic E-state index is 0.384. The Morgan fingerprint density at radius 1 is 1.40 bits per heavy atom. The van der Waals surface area contributed by atoms with E-state index in [0.717, 1.165) is 5.69 Å². The van der Waals surface area contributed by atoms with E-state index in [4.69, 9.17) is 10.00 Å². The molecule has 0 aliphatic rings. The monoisotopic (exact) mass is 204 g/mol. The highest BCUT2D eigenvalue weighted by Crippen LogP contribution is 2.14. The van der Waals surface area contributed by atoms with Gasteiger partial charge in [-0.15, -0.1) is 0 Å². The van der Waals surface area contributed by atoms with E-state index in [9.17, 15) is 0 Å². The molecule has 0 amide bonds. The lowest BCUT2D eigenvalue weighted by atomic mass is 10.1. The first-order chi connectivity index (χ1) is 7.20. The van der Waals surface area contributed by atoms with Gasteiger partial charge in [-0.05, 0) is 26.0 Å². The predicted octanol–water partition coefficient (Wildman–Crippen LogP) is 2.42. The van der Waals surface area contributed by atoms with E-state index in [1.54, 1.807) is 0 Å². The van der Waals surface area contributed by atoms with Crippen LogP contribution in [0.25, 0.3) is 0 Å². The fraction of sp³-hybridized carbons (Fsp3) is 0.417. The van der Waals surface area contributed by atoms with E-state index in [-0.39, 0.29) is 0 Å². The van der Waals surface area contributed by atoms with Gasteiger partial charge >= 0.3 is 0 Å². The lowest BCUT2D eigenvalue weighted by Gasteiger charge is -2.23. The van der Waals surface area contributed by atoms with Gasteiger partial charge < -0.3 is 10.1 Å². The molecule has 3 heteroatoms. The van der Waals surface area contributed by atoms with Crippen LogP contribution in [-0.2, 0) is 4.74 Å². The van der Waals surface area contributed by atoms with Crippen molar-refractivity contribution in [3.63, 3.8) is 0 Å². The molecule has 15 heavy (non-hydrogen) atoms. The molecule has 0 saturated carbocycles. The van der Waals surface area contributed by atoms with Gasteiger partial charge in [0, 0.05) is 12.3 Å². The van der Waals surface area contributed by atoms with E-state index in [2.05, 4.69) is 11.4 Å². The molecule has 0 aliphatic heterocycles. The first-order valence-electron chi connectivity index (χ1n) is 5.02. The number of anilines is 1. The average Bonchev–Trinajstić information content (AvgIpc) is 2.28. The average molecular weight is 204 g/mol. The zero-order valence-electron chi connectivity index (χ0n) is 9.16. The maximum atomic E-state index is 9.08. The Labute approximate surface area is 90.7 Å². The predicted molar refractivity (Wildman–Crippen MR) is 60.6 cm³/mol.